The van der Waals surface area contributed by atoms with Crippen LogP contribution in [0.2, 0.25) is 0 Å². The molecule has 0 aliphatic rings. The van der Waals surface area contributed by atoms with E-state index in [4.69, 9.17) is 14.2 Å². The molecule has 0 spiro atoms. The lowest BCUT2D eigenvalue weighted by Crippen LogP contribution is -2.30. The number of carbonyl (C=O) groups is 2. The molecule has 5 heteroatoms. The number of carbonyl (C=O) groups excluding carboxylic acids is 2. The van der Waals surface area contributed by atoms with E-state index in [2.05, 4.69) is 69.4 Å². The molecule has 0 aliphatic carbocycles. The number of hydrogen-bond acceptors (Lipinski definition) is 5. The van der Waals surface area contributed by atoms with Gasteiger partial charge in [0.25, 0.3) is 0 Å². The second kappa shape index (κ2) is 49.2. The van der Waals surface area contributed by atoms with Gasteiger partial charge in [-0.3, -0.25) is 9.59 Å². The molecule has 338 valence electrons. The molecule has 0 aliphatic heterocycles. The summed E-state index contributed by atoms with van der Waals surface area (Å²) in [5, 5.41) is 0. The van der Waals surface area contributed by atoms with E-state index in [9.17, 15) is 9.59 Å². The van der Waals surface area contributed by atoms with Crippen molar-refractivity contribution < 1.29 is 23.8 Å². The number of esters is 2. The first-order valence-electron chi connectivity index (χ1n) is 25.2. The largest absolute Gasteiger partial charge is 0.462 e. The van der Waals surface area contributed by atoms with Crippen molar-refractivity contribution in [2.45, 2.75) is 258 Å². The summed E-state index contributed by atoms with van der Waals surface area (Å²) in [6.45, 7) is 7.69. The van der Waals surface area contributed by atoms with Crippen molar-refractivity contribution in [2.75, 3.05) is 19.8 Å². The van der Waals surface area contributed by atoms with Crippen LogP contribution in [0.25, 0.3) is 0 Å². The molecule has 0 radical (unpaired) electrons. The summed E-state index contributed by atoms with van der Waals surface area (Å²) in [5.74, 6) is -0.421. The van der Waals surface area contributed by atoms with Crippen LogP contribution in [0.5, 0.6) is 0 Å². The molecule has 1 atom stereocenters. The summed E-state index contributed by atoms with van der Waals surface area (Å²) in [4.78, 5) is 25.2. The van der Waals surface area contributed by atoms with Crippen LogP contribution >= 0.6 is 0 Å². The Bertz CT molecular complexity index is 966. The fourth-order valence-corrected chi connectivity index (χ4v) is 7.15. The van der Waals surface area contributed by atoms with Crippen molar-refractivity contribution in [2.24, 2.45) is 0 Å². The number of ether oxygens (including phenoxy) is 3. The molecule has 0 saturated carbocycles. The molecule has 0 N–H and O–H groups in total. The van der Waals surface area contributed by atoms with Gasteiger partial charge in [0.15, 0.2) is 6.10 Å². The van der Waals surface area contributed by atoms with Gasteiger partial charge in [0.05, 0.1) is 6.61 Å². The zero-order valence-electron chi connectivity index (χ0n) is 38.8. The van der Waals surface area contributed by atoms with Crippen molar-refractivity contribution in [3.05, 3.63) is 48.6 Å². The van der Waals surface area contributed by atoms with Gasteiger partial charge in [0, 0.05) is 19.4 Å². The Morgan fingerprint density at radius 3 is 1.24 bits per heavy atom. The van der Waals surface area contributed by atoms with Crippen molar-refractivity contribution in [3.63, 3.8) is 0 Å². The van der Waals surface area contributed by atoms with Crippen molar-refractivity contribution in [1.82, 2.24) is 0 Å². The van der Waals surface area contributed by atoms with Gasteiger partial charge in [-0.15, -0.1) is 0 Å². The first-order chi connectivity index (χ1) is 28.6. The normalized spacial score (nSPS) is 12.5. The van der Waals surface area contributed by atoms with Crippen molar-refractivity contribution >= 4 is 11.9 Å². The summed E-state index contributed by atoms with van der Waals surface area (Å²) in [5.41, 5.74) is 0. The lowest BCUT2D eigenvalue weighted by atomic mass is 10.0. The summed E-state index contributed by atoms with van der Waals surface area (Å²) in [6, 6.07) is 0. The quantitative estimate of drug-likeness (QED) is 0.0348. The van der Waals surface area contributed by atoms with Crippen molar-refractivity contribution in [3.8, 4) is 0 Å². The van der Waals surface area contributed by atoms with E-state index < -0.39 is 6.10 Å². The molecule has 0 fully saturated rings. The van der Waals surface area contributed by atoms with Gasteiger partial charge >= 0.3 is 11.9 Å². The van der Waals surface area contributed by atoms with Gasteiger partial charge < -0.3 is 14.2 Å². The summed E-state index contributed by atoms with van der Waals surface area (Å²) >= 11 is 0. The van der Waals surface area contributed by atoms with Crippen LogP contribution in [0.1, 0.15) is 252 Å². The smallest absolute Gasteiger partial charge is 0.306 e. The molecule has 0 saturated heterocycles. The highest BCUT2D eigenvalue weighted by atomic mass is 16.6. The number of rotatable bonds is 46. The van der Waals surface area contributed by atoms with Gasteiger partial charge in [-0.2, -0.15) is 0 Å². The fraction of sp³-hybridized carbons (Fsp3) is 0.811. The Balaban J connectivity index is 4.13. The van der Waals surface area contributed by atoms with Gasteiger partial charge in [-0.25, -0.2) is 0 Å². The molecular weight excluding hydrogens is 717 g/mol. The monoisotopic (exact) mass is 813 g/mol. The molecule has 0 aromatic carbocycles. The topological polar surface area (TPSA) is 61.8 Å². The van der Waals surface area contributed by atoms with E-state index in [0.29, 0.717) is 19.4 Å². The van der Waals surface area contributed by atoms with Crippen LogP contribution in [-0.2, 0) is 23.8 Å². The average Bonchev–Trinajstić information content (AvgIpc) is 3.22. The van der Waals surface area contributed by atoms with Crippen LogP contribution in [0.3, 0.4) is 0 Å². The summed E-state index contributed by atoms with van der Waals surface area (Å²) in [6.07, 6.45) is 59.9. The standard InChI is InChI=1S/C53H96O5/c1-4-7-10-13-16-18-20-22-24-26-28-30-32-34-36-39-42-45-48-56-49-51(58-53(55)47-44-41-37-15-12-9-6-3)50-57-52(54)46-43-40-38-35-33-31-29-27-25-23-21-19-17-14-11-8-5-2/h8,11,17,19,23,25,29,31,51H,4-7,9-10,12-16,18,20-22,24,26-28,30,32-50H2,1-3H3/b11-8-,19-17-,25-23-,31-29-. The summed E-state index contributed by atoms with van der Waals surface area (Å²) < 4.78 is 17.3. The first-order valence-corrected chi connectivity index (χ1v) is 25.2. The Hall–Kier alpha value is -2.14. The maximum atomic E-state index is 12.7. The second-order valence-corrected chi connectivity index (χ2v) is 16.7. The molecule has 1 unspecified atom stereocenters. The number of unbranched alkanes of at least 4 members (excludes halogenated alkanes) is 27. The number of allylic oxidation sites excluding steroid dienone is 8. The third-order valence-corrected chi connectivity index (χ3v) is 10.9. The molecule has 58 heavy (non-hydrogen) atoms. The Kier molecular flexibility index (Phi) is 47.4. The van der Waals surface area contributed by atoms with Crippen LogP contribution < -0.4 is 0 Å². The highest BCUT2D eigenvalue weighted by Crippen LogP contribution is 2.15. The van der Waals surface area contributed by atoms with E-state index in [1.807, 2.05) is 0 Å². The Labute approximate surface area is 361 Å². The second-order valence-electron chi connectivity index (χ2n) is 16.7. The van der Waals surface area contributed by atoms with Crippen LogP contribution in [-0.4, -0.2) is 37.9 Å². The van der Waals surface area contributed by atoms with E-state index >= 15 is 0 Å². The summed E-state index contributed by atoms with van der Waals surface area (Å²) in [7, 11) is 0. The highest BCUT2D eigenvalue weighted by molar-refractivity contribution is 5.70. The molecule has 0 rings (SSSR count). The molecule has 5 nitrogen and oxygen atoms in total. The van der Waals surface area contributed by atoms with Crippen molar-refractivity contribution in [1.29, 1.82) is 0 Å². The molecule has 0 bridgehead atoms. The Morgan fingerprint density at radius 2 is 0.776 bits per heavy atom. The van der Waals surface area contributed by atoms with Gasteiger partial charge in [0.1, 0.15) is 6.61 Å². The zero-order valence-corrected chi connectivity index (χ0v) is 38.8. The molecule has 0 aromatic heterocycles. The van der Waals surface area contributed by atoms with Crippen LogP contribution in [0.15, 0.2) is 48.6 Å². The van der Waals surface area contributed by atoms with Crippen LogP contribution in [0.4, 0.5) is 0 Å². The average molecular weight is 813 g/mol. The number of hydrogen-bond donors (Lipinski definition) is 0. The zero-order chi connectivity index (χ0) is 42.1. The SMILES string of the molecule is CC/C=C\C/C=C\C/C=C\C/C=C\CCCCCCC(=O)OCC(COCCCCCCCCCCCCCCCCCCCC)OC(=O)CCCCCCCCC. The predicted molar refractivity (Wildman–Crippen MR) is 251 cm³/mol. The van der Waals surface area contributed by atoms with E-state index in [-0.39, 0.29) is 25.2 Å². The minimum atomic E-state index is -0.539. The van der Waals surface area contributed by atoms with Gasteiger partial charge in [-0.1, -0.05) is 230 Å². The molecule has 0 aromatic rings. The minimum absolute atomic E-state index is 0.0759. The molecule has 0 heterocycles. The first kappa shape index (κ1) is 55.9. The molecule has 0 amide bonds. The molecular formula is C53H96O5. The third kappa shape index (κ3) is 46.5. The van der Waals surface area contributed by atoms with E-state index in [1.165, 1.54) is 141 Å². The lowest BCUT2D eigenvalue weighted by Gasteiger charge is -2.18. The van der Waals surface area contributed by atoms with Gasteiger partial charge in [0.2, 0.25) is 0 Å². The fourth-order valence-electron chi connectivity index (χ4n) is 7.15. The third-order valence-electron chi connectivity index (χ3n) is 10.9. The van der Waals surface area contributed by atoms with E-state index in [1.54, 1.807) is 0 Å². The maximum Gasteiger partial charge on any atom is 0.306 e. The predicted octanol–water partition coefficient (Wildman–Crippen LogP) is 16.8. The van der Waals surface area contributed by atoms with E-state index in [0.717, 1.165) is 77.0 Å². The Morgan fingerprint density at radius 1 is 0.397 bits per heavy atom. The minimum Gasteiger partial charge on any atom is -0.462 e. The maximum absolute atomic E-state index is 12.7. The van der Waals surface area contributed by atoms with Gasteiger partial charge in [-0.05, 0) is 57.8 Å². The highest BCUT2D eigenvalue weighted by Gasteiger charge is 2.17. The lowest BCUT2D eigenvalue weighted by molar-refractivity contribution is -0.163. The van der Waals surface area contributed by atoms with Crippen LogP contribution in [0, 0.1) is 0 Å².